The Balaban J connectivity index is 1.60. The van der Waals surface area contributed by atoms with E-state index in [9.17, 15) is 0 Å². The average molecular weight is 436 g/mol. The summed E-state index contributed by atoms with van der Waals surface area (Å²) in [5, 5.41) is 7.02. The van der Waals surface area contributed by atoms with Gasteiger partial charge in [0.15, 0.2) is 0 Å². The molecule has 2 atom stereocenters. The van der Waals surface area contributed by atoms with E-state index in [1.807, 2.05) is 48.7 Å². The fourth-order valence-electron chi connectivity index (χ4n) is 3.78. The number of hydrogen-bond donors (Lipinski definition) is 0. The van der Waals surface area contributed by atoms with Crippen molar-refractivity contribution in [1.29, 1.82) is 0 Å². The zero-order valence-corrected chi connectivity index (χ0v) is 16.8. The summed E-state index contributed by atoms with van der Waals surface area (Å²) in [6.07, 6.45) is 4.10. The molecule has 0 spiro atoms. The Kier molecular flexibility index (Phi) is 4.28. The zero-order valence-electron chi connectivity index (χ0n) is 15.2. The lowest BCUT2D eigenvalue weighted by Crippen LogP contribution is -2.33. The number of halogens is 1. The molecule has 1 aromatic heterocycles. The van der Waals surface area contributed by atoms with Crippen LogP contribution in [0.2, 0.25) is 0 Å². The Morgan fingerprint density at radius 1 is 1.14 bits per heavy atom. The number of methoxy groups -OCH3 is 1. The molecular formula is C22H18BrN3O2. The number of hydrazone groups is 1. The van der Waals surface area contributed by atoms with Crippen LogP contribution < -0.4 is 9.47 Å². The number of pyridine rings is 1. The number of ether oxygens (including phenoxy) is 2. The lowest BCUT2D eigenvalue weighted by molar-refractivity contribution is -0.0192. The molecule has 5 rings (SSSR count). The molecule has 28 heavy (non-hydrogen) atoms. The molecule has 6 heteroatoms. The smallest absolute Gasteiger partial charge is 0.215 e. The molecule has 0 amide bonds. The Morgan fingerprint density at radius 3 is 2.89 bits per heavy atom. The molecule has 2 aliphatic heterocycles. The number of hydrogen-bond acceptors (Lipinski definition) is 5. The van der Waals surface area contributed by atoms with E-state index in [0.29, 0.717) is 0 Å². The van der Waals surface area contributed by atoms with Crippen molar-refractivity contribution in [2.45, 2.75) is 18.7 Å². The van der Waals surface area contributed by atoms with Gasteiger partial charge in [-0.15, -0.1) is 0 Å². The van der Waals surface area contributed by atoms with Crippen molar-refractivity contribution in [3.05, 3.63) is 88.2 Å². The maximum atomic E-state index is 6.35. The van der Waals surface area contributed by atoms with Gasteiger partial charge in [-0.3, -0.25) is 4.98 Å². The van der Waals surface area contributed by atoms with Crippen molar-refractivity contribution in [3.8, 4) is 11.5 Å². The zero-order chi connectivity index (χ0) is 19.1. The average Bonchev–Trinajstić information content (AvgIpc) is 3.20. The van der Waals surface area contributed by atoms with Crippen LogP contribution in [0.25, 0.3) is 0 Å². The molecule has 0 bridgehead atoms. The van der Waals surface area contributed by atoms with E-state index in [4.69, 9.17) is 14.6 Å². The van der Waals surface area contributed by atoms with Gasteiger partial charge in [-0.2, -0.15) is 5.10 Å². The van der Waals surface area contributed by atoms with E-state index < -0.39 is 0 Å². The molecule has 3 aromatic rings. The summed E-state index contributed by atoms with van der Waals surface area (Å²) < 4.78 is 12.8. The van der Waals surface area contributed by atoms with Gasteiger partial charge in [-0.05, 0) is 36.4 Å². The van der Waals surface area contributed by atoms with Crippen LogP contribution in [-0.4, -0.2) is 22.8 Å². The number of nitrogens with zero attached hydrogens (tertiary/aromatic N) is 3. The van der Waals surface area contributed by atoms with Gasteiger partial charge < -0.3 is 9.47 Å². The van der Waals surface area contributed by atoms with Gasteiger partial charge in [0.2, 0.25) is 6.23 Å². The second-order valence-electron chi connectivity index (χ2n) is 6.82. The lowest BCUT2D eigenvalue weighted by Gasteiger charge is -2.38. The molecular weight excluding hydrogens is 418 g/mol. The van der Waals surface area contributed by atoms with Crippen molar-refractivity contribution in [3.63, 3.8) is 0 Å². The molecule has 2 unspecified atom stereocenters. The van der Waals surface area contributed by atoms with Gasteiger partial charge in [-0.1, -0.05) is 34.1 Å². The van der Waals surface area contributed by atoms with Crippen molar-refractivity contribution >= 4 is 21.6 Å². The minimum Gasteiger partial charge on any atom is -0.497 e. The van der Waals surface area contributed by atoms with Gasteiger partial charge in [0.05, 0.1) is 18.9 Å². The van der Waals surface area contributed by atoms with Crippen LogP contribution in [0.1, 0.15) is 35.4 Å². The predicted octanol–water partition coefficient (Wildman–Crippen LogP) is 5.10. The van der Waals surface area contributed by atoms with E-state index in [1.54, 1.807) is 13.3 Å². The number of aromatic nitrogens is 1. The van der Waals surface area contributed by atoms with Gasteiger partial charge in [0.25, 0.3) is 0 Å². The third-order valence-electron chi connectivity index (χ3n) is 5.12. The first-order valence-electron chi connectivity index (χ1n) is 9.09. The number of benzene rings is 2. The molecule has 0 radical (unpaired) electrons. The van der Waals surface area contributed by atoms with E-state index in [0.717, 1.165) is 44.8 Å². The fraction of sp³-hybridized carbons (Fsp3) is 0.182. The van der Waals surface area contributed by atoms with Crippen LogP contribution in [-0.2, 0) is 0 Å². The third kappa shape index (κ3) is 2.94. The van der Waals surface area contributed by atoms with Crippen LogP contribution in [0.5, 0.6) is 11.5 Å². The molecule has 0 saturated heterocycles. The Labute approximate surface area is 171 Å². The number of rotatable bonds is 3. The van der Waals surface area contributed by atoms with Gasteiger partial charge in [-0.25, -0.2) is 5.01 Å². The van der Waals surface area contributed by atoms with E-state index in [-0.39, 0.29) is 12.3 Å². The summed E-state index contributed by atoms with van der Waals surface area (Å²) in [6, 6.07) is 18.2. The third-order valence-corrected chi connectivity index (χ3v) is 5.62. The highest BCUT2D eigenvalue weighted by atomic mass is 79.9. The van der Waals surface area contributed by atoms with Gasteiger partial charge in [0.1, 0.15) is 11.5 Å². The Bertz CT molecular complexity index is 1050. The molecule has 140 valence electrons. The van der Waals surface area contributed by atoms with E-state index >= 15 is 0 Å². The quantitative estimate of drug-likeness (QED) is 0.574. The monoisotopic (exact) mass is 435 g/mol. The standard InChI is InChI=1S/C22H18BrN3O2/c1-27-17-6-2-4-14(10-17)19-12-20-18-11-16(23)7-8-21(18)28-22(26(20)25-19)15-5-3-9-24-13-15/h2-11,13,20,22H,12H2,1H3. The van der Waals surface area contributed by atoms with Crippen LogP contribution in [0.15, 0.2) is 76.6 Å². The molecule has 3 heterocycles. The topological polar surface area (TPSA) is 47.0 Å². The van der Waals surface area contributed by atoms with Crippen molar-refractivity contribution in [2.75, 3.05) is 7.11 Å². The van der Waals surface area contributed by atoms with Gasteiger partial charge in [0, 0.05) is 40.0 Å². The summed E-state index contributed by atoms with van der Waals surface area (Å²) in [7, 11) is 1.68. The molecule has 5 nitrogen and oxygen atoms in total. The molecule has 0 saturated carbocycles. The summed E-state index contributed by atoms with van der Waals surface area (Å²) in [4.78, 5) is 4.26. The first kappa shape index (κ1) is 17.3. The minimum atomic E-state index is -0.310. The summed E-state index contributed by atoms with van der Waals surface area (Å²) in [5.41, 5.74) is 4.21. The normalized spacial score (nSPS) is 20.1. The summed E-state index contributed by atoms with van der Waals surface area (Å²) >= 11 is 3.59. The molecule has 0 fully saturated rings. The molecule has 0 aliphatic carbocycles. The fourth-order valence-corrected chi connectivity index (χ4v) is 4.16. The highest BCUT2D eigenvalue weighted by Crippen LogP contribution is 2.48. The van der Waals surface area contributed by atoms with Crippen LogP contribution in [0.3, 0.4) is 0 Å². The Morgan fingerprint density at radius 2 is 2.07 bits per heavy atom. The molecule has 2 aliphatic rings. The maximum Gasteiger partial charge on any atom is 0.215 e. The maximum absolute atomic E-state index is 6.35. The number of fused-ring (bicyclic) bond motifs is 3. The van der Waals surface area contributed by atoms with Crippen LogP contribution in [0.4, 0.5) is 0 Å². The lowest BCUT2D eigenvalue weighted by atomic mass is 9.96. The Hall–Kier alpha value is -2.86. The molecule has 0 N–H and O–H groups in total. The van der Waals surface area contributed by atoms with Crippen LogP contribution in [0, 0.1) is 0 Å². The van der Waals surface area contributed by atoms with Crippen molar-refractivity contribution in [2.24, 2.45) is 5.10 Å². The SMILES string of the molecule is COc1cccc(C2=NN3C(C2)c2cc(Br)ccc2OC3c2cccnc2)c1. The first-order valence-corrected chi connectivity index (χ1v) is 9.88. The van der Waals surface area contributed by atoms with Crippen LogP contribution >= 0.6 is 15.9 Å². The second kappa shape index (κ2) is 6.95. The van der Waals surface area contributed by atoms with Crippen molar-refractivity contribution < 1.29 is 9.47 Å². The molecule has 2 aromatic carbocycles. The minimum absolute atomic E-state index is 0.104. The largest absolute Gasteiger partial charge is 0.497 e. The summed E-state index contributed by atoms with van der Waals surface area (Å²) in [6.45, 7) is 0. The van der Waals surface area contributed by atoms with Gasteiger partial charge >= 0.3 is 0 Å². The highest BCUT2D eigenvalue weighted by molar-refractivity contribution is 9.10. The first-order chi connectivity index (χ1) is 13.7. The van der Waals surface area contributed by atoms with E-state index in [1.165, 1.54) is 0 Å². The highest BCUT2D eigenvalue weighted by Gasteiger charge is 2.41. The van der Waals surface area contributed by atoms with Crippen molar-refractivity contribution in [1.82, 2.24) is 9.99 Å². The summed E-state index contributed by atoms with van der Waals surface area (Å²) in [5.74, 6) is 1.72. The second-order valence-corrected chi connectivity index (χ2v) is 7.73. The predicted molar refractivity (Wildman–Crippen MR) is 110 cm³/mol. The van der Waals surface area contributed by atoms with E-state index in [2.05, 4.69) is 38.1 Å².